The molecule has 0 saturated heterocycles. The van der Waals surface area contributed by atoms with Crippen LogP contribution in [0.1, 0.15) is 161 Å². The number of amides is 5. The summed E-state index contributed by atoms with van der Waals surface area (Å²) in [5.74, 6) is -7.15. The third-order valence-electron chi connectivity index (χ3n) is 16.9. The van der Waals surface area contributed by atoms with Crippen molar-refractivity contribution in [2.45, 2.75) is 196 Å². The Balaban J connectivity index is 0.000000371. The van der Waals surface area contributed by atoms with E-state index in [4.69, 9.17) is 36.1 Å². The number of Topliss-reactive ketones (excluding diaryl/α,β-unsaturated/α-hetero) is 2. The van der Waals surface area contributed by atoms with Crippen LogP contribution in [-0.4, -0.2) is 111 Å². The number of hydrogen-bond acceptors (Lipinski definition) is 17. The summed E-state index contributed by atoms with van der Waals surface area (Å²) in [4.78, 5) is 125. The van der Waals surface area contributed by atoms with Gasteiger partial charge in [0.1, 0.15) is 41.7 Å². The van der Waals surface area contributed by atoms with Gasteiger partial charge in [0.2, 0.25) is 17.7 Å². The van der Waals surface area contributed by atoms with E-state index in [1.54, 1.807) is 65.8 Å². The summed E-state index contributed by atoms with van der Waals surface area (Å²) in [5, 5.41) is 37.3. The Kier molecular flexibility index (Phi) is 36.7. The summed E-state index contributed by atoms with van der Waals surface area (Å²) in [6.45, 7) is 18.8. The average Bonchev–Trinajstić information content (AvgIpc) is 0.857. The molecule has 0 aliphatic rings. The van der Waals surface area contributed by atoms with Gasteiger partial charge in [-0.2, -0.15) is 0 Å². The molecule has 0 aliphatic heterocycles. The number of rotatable bonds is 37. The molecular formula is C82H108N6O17. The second kappa shape index (κ2) is 44.3. The second-order valence-electron chi connectivity index (χ2n) is 28.4. The first-order valence-electron chi connectivity index (χ1n) is 35.5. The largest absolute Gasteiger partial charge is 0.508 e. The smallest absolute Gasteiger partial charge is 0.407 e. The maximum absolute atomic E-state index is 14.0. The van der Waals surface area contributed by atoms with Crippen molar-refractivity contribution in [3.63, 3.8) is 0 Å². The number of primary amides is 2. The first-order chi connectivity index (χ1) is 49.6. The van der Waals surface area contributed by atoms with Crippen LogP contribution in [0.3, 0.4) is 0 Å². The normalized spacial score (nSPS) is 12.8. The van der Waals surface area contributed by atoms with Gasteiger partial charge in [-0.25, -0.2) is 9.59 Å². The highest BCUT2D eigenvalue weighted by Crippen LogP contribution is 2.28. The van der Waals surface area contributed by atoms with E-state index >= 15 is 0 Å². The predicted molar refractivity (Wildman–Crippen MR) is 400 cm³/mol. The molecule has 105 heavy (non-hydrogen) atoms. The van der Waals surface area contributed by atoms with Gasteiger partial charge >= 0.3 is 30.1 Å². The number of aryl methyl sites for hydroxylation is 4. The highest BCUT2D eigenvalue weighted by Gasteiger charge is 2.33. The molecule has 23 nitrogen and oxygen atoms in total. The third-order valence-corrected chi connectivity index (χ3v) is 16.9. The molecular weight excluding hydrogens is 1340 g/mol. The molecule has 568 valence electrons. The monoisotopic (exact) mass is 1450 g/mol. The number of nitrogens with two attached hydrogens (primary N) is 3. The van der Waals surface area contributed by atoms with Gasteiger partial charge in [-0.3, -0.25) is 38.4 Å². The van der Waals surface area contributed by atoms with Crippen LogP contribution in [0.5, 0.6) is 11.5 Å². The number of aromatic hydroxyl groups is 2. The summed E-state index contributed by atoms with van der Waals surface area (Å²) < 4.78 is 21.2. The molecule has 0 saturated carbocycles. The Morgan fingerprint density at radius 3 is 1.14 bits per heavy atom. The highest BCUT2D eigenvalue weighted by atomic mass is 16.6. The molecule has 12 N–H and O–H groups in total. The predicted octanol–water partition coefficient (Wildman–Crippen LogP) is 11.5. The fourth-order valence-corrected chi connectivity index (χ4v) is 11.5. The molecule has 0 spiro atoms. The SMILES string of the molecule is Cc1cc(O)cc(C)c1CC(CC(=O)OC(C)(C)C)C(=O)N[C@@H](CCCCNC(=O)OCc1ccccc1)C(=O)CC(Cc1ccccc1)C(N)=O.Cc1cc(O)cc(C)c1CC(CC(=O)OC(C)(C)C)C(=O)O.NC(=O)C(CC(=O)[C@@H](N)CCCCNC(=O)OCc1ccccc1)Cc1ccccc1. The first kappa shape index (κ1) is 87.0. The Labute approximate surface area is 617 Å². The molecule has 0 heterocycles. The van der Waals surface area contributed by atoms with Crippen LogP contribution in [0.4, 0.5) is 9.59 Å². The zero-order chi connectivity index (χ0) is 77.8. The Bertz CT molecular complexity index is 3740. The lowest BCUT2D eigenvalue weighted by atomic mass is 9.88. The zero-order valence-electron chi connectivity index (χ0n) is 62.3. The Morgan fingerprint density at radius 1 is 0.438 bits per heavy atom. The van der Waals surface area contributed by atoms with Crippen molar-refractivity contribution in [3.8, 4) is 11.5 Å². The minimum atomic E-state index is -1.03. The van der Waals surface area contributed by atoms with Crippen LogP contribution < -0.4 is 33.2 Å². The molecule has 0 fully saturated rings. The number of unbranched alkanes of at least 4 members (excludes halogenated alkanes) is 2. The molecule has 5 amide bonds. The quantitative estimate of drug-likeness (QED) is 0.00993. The lowest BCUT2D eigenvalue weighted by Crippen LogP contribution is -2.46. The number of nitrogens with one attached hydrogen (secondary N) is 3. The molecule has 6 aromatic rings. The van der Waals surface area contributed by atoms with Crippen molar-refractivity contribution in [1.29, 1.82) is 0 Å². The minimum Gasteiger partial charge on any atom is -0.508 e. The number of esters is 2. The van der Waals surface area contributed by atoms with Crippen molar-refractivity contribution < 1.29 is 82.2 Å². The number of carbonyl (C=O) groups is 10. The maximum atomic E-state index is 14.0. The molecule has 0 aliphatic carbocycles. The standard InChI is InChI=1S/C41H53N3O8.C24H31N3O4.C17H24O5/c1-27-20-33(45)21-28(2)34(27)23-32(25-37(47)52-41(3,4)5)39(49)44-35(36(46)24-31(38(42)48)22-29-14-8-6-9-15-29)18-12-13-19-43-40(50)51-26-30-16-10-7-11-17-30;25-21(22(28)16-20(23(26)29)15-18-9-3-1-4-10-18)13-7-8-14-27-24(30)31-17-19-11-5-2-6-12-19;1-10-6-13(18)7-11(2)14(10)8-12(16(20)21)9-15(19)22-17(3,4)5/h6-11,14-17,20-21,31-32,35,45H,12-13,18-19,22-26H2,1-5H3,(H2,42,48)(H,43,50)(H,44,49);1-6,9-12,20-21H,7-8,13-17,25H2,(H2,26,29)(H,27,30);6-7,12,18H,8-9H2,1-5H3,(H,20,21)/t31?,32?,35-;20?,21-;/m00./s1. The number of carboxylic acids is 1. The van der Waals surface area contributed by atoms with Gasteiger partial charge in [-0.15, -0.1) is 0 Å². The van der Waals surface area contributed by atoms with E-state index in [2.05, 4.69) is 16.0 Å². The molecule has 23 heteroatoms. The van der Waals surface area contributed by atoms with Crippen molar-refractivity contribution in [1.82, 2.24) is 16.0 Å². The maximum Gasteiger partial charge on any atom is 0.407 e. The Hall–Kier alpha value is -10.4. The van der Waals surface area contributed by atoms with Crippen LogP contribution >= 0.6 is 0 Å². The van der Waals surface area contributed by atoms with Crippen molar-refractivity contribution in [2.24, 2.45) is 40.9 Å². The van der Waals surface area contributed by atoms with Gasteiger partial charge < -0.3 is 67.4 Å². The lowest BCUT2D eigenvalue weighted by molar-refractivity contribution is -0.159. The summed E-state index contributed by atoms with van der Waals surface area (Å²) in [6.07, 6.45) is 2.44. The van der Waals surface area contributed by atoms with Crippen molar-refractivity contribution in [3.05, 3.63) is 201 Å². The van der Waals surface area contributed by atoms with E-state index in [1.165, 1.54) is 0 Å². The number of ether oxygens (including phenoxy) is 4. The molecule has 0 bridgehead atoms. The third kappa shape index (κ3) is 35.1. The van der Waals surface area contributed by atoms with E-state index in [-0.39, 0.29) is 94.2 Å². The van der Waals surface area contributed by atoms with Crippen LogP contribution in [0.25, 0.3) is 0 Å². The average molecular weight is 1450 g/mol. The summed E-state index contributed by atoms with van der Waals surface area (Å²) in [7, 11) is 0. The fraction of sp³-hybridized carbons (Fsp3) is 0.439. The number of alkyl carbamates (subject to hydrolysis) is 2. The number of phenolic OH excluding ortho intramolecular Hbond substituents is 2. The number of ketones is 2. The molecule has 6 atom stereocenters. The molecule has 6 aromatic carbocycles. The van der Waals surface area contributed by atoms with E-state index in [1.807, 2.05) is 149 Å². The van der Waals surface area contributed by atoms with Crippen molar-refractivity contribution >= 4 is 59.4 Å². The van der Waals surface area contributed by atoms with E-state index in [9.17, 15) is 63.3 Å². The van der Waals surface area contributed by atoms with Crippen LogP contribution in [0.15, 0.2) is 146 Å². The fourth-order valence-electron chi connectivity index (χ4n) is 11.5. The number of hydrogen-bond donors (Lipinski definition) is 9. The topological polar surface area (TPSA) is 382 Å². The number of carboxylic acid groups (broad SMARTS) is 1. The molecule has 6 rings (SSSR count). The van der Waals surface area contributed by atoms with Crippen LogP contribution in [0.2, 0.25) is 0 Å². The lowest BCUT2D eigenvalue weighted by Gasteiger charge is -2.25. The molecule has 4 unspecified atom stereocenters. The number of phenols is 2. The summed E-state index contributed by atoms with van der Waals surface area (Å²) >= 11 is 0. The van der Waals surface area contributed by atoms with Gasteiger partial charge in [0.05, 0.1) is 36.8 Å². The highest BCUT2D eigenvalue weighted by molar-refractivity contribution is 5.94. The van der Waals surface area contributed by atoms with Crippen molar-refractivity contribution in [2.75, 3.05) is 13.1 Å². The van der Waals surface area contributed by atoms with Crippen LogP contribution in [-0.2, 0) is 96.2 Å². The minimum absolute atomic E-state index is 0.0372. The van der Waals surface area contributed by atoms with Gasteiger partial charge in [0.25, 0.3) is 0 Å². The summed E-state index contributed by atoms with van der Waals surface area (Å²) in [6, 6.07) is 42.2. The van der Waals surface area contributed by atoms with E-state index < -0.39 is 94.8 Å². The van der Waals surface area contributed by atoms with Gasteiger partial charge in [0, 0.05) is 37.8 Å². The number of aliphatic carboxylic acids is 1. The zero-order valence-corrected chi connectivity index (χ0v) is 62.3. The van der Waals surface area contributed by atoms with E-state index in [0.29, 0.717) is 45.1 Å². The first-order valence-corrected chi connectivity index (χ1v) is 35.5. The molecule has 0 radical (unpaired) electrons. The van der Waals surface area contributed by atoms with E-state index in [0.717, 1.165) is 55.6 Å². The van der Waals surface area contributed by atoms with Gasteiger partial charge in [-0.05, 0) is 213 Å². The second-order valence-corrected chi connectivity index (χ2v) is 28.4. The molecule has 0 aromatic heterocycles. The van der Waals surface area contributed by atoms with Crippen LogP contribution in [0, 0.1) is 51.4 Å². The van der Waals surface area contributed by atoms with Gasteiger partial charge in [0.15, 0.2) is 5.78 Å². The number of benzene rings is 6. The summed E-state index contributed by atoms with van der Waals surface area (Å²) in [5.41, 5.74) is 24.2. The number of carbonyl (C=O) groups excluding carboxylic acids is 9. The Morgan fingerprint density at radius 2 is 0.781 bits per heavy atom. The van der Waals surface area contributed by atoms with Gasteiger partial charge in [-0.1, -0.05) is 121 Å².